The van der Waals surface area contributed by atoms with Gasteiger partial charge in [-0.1, -0.05) is 24.6 Å². The molecule has 0 unspecified atom stereocenters. The van der Waals surface area contributed by atoms with Crippen molar-refractivity contribution < 1.29 is 9.53 Å². The van der Waals surface area contributed by atoms with Crippen LogP contribution >= 0.6 is 12.2 Å². The molecule has 1 aromatic carbocycles. The van der Waals surface area contributed by atoms with Crippen molar-refractivity contribution in [2.45, 2.75) is 51.6 Å². The lowest BCUT2D eigenvalue weighted by atomic mass is 10.2. The molecule has 2 N–H and O–H groups in total. The van der Waals surface area contributed by atoms with E-state index in [2.05, 4.69) is 15.3 Å². The Balaban J connectivity index is 1.15. The highest BCUT2D eigenvalue weighted by Crippen LogP contribution is 2.29. The zero-order valence-electron chi connectivity index (χ0n) is 18.0. The number of para-hydroxylation sites is 1. The normalized spacial score (nSPS) is 13.2. The molecule has 168 valence electrons. The van der Waals surface area contributed by atoms with Gasteiger partial charge in [-0.05, 0) is 61.5 Å². The van der Waals surface area contributed by atoms with Gasteiger partial charge >= 0.3 is 0 Å². The summed E-state index contributed by atoms with van der Waals surface area (Å²) in [6.07, 6.45) is 7.09. The zero-order valence-corrected chi connectivity index (χ0v) is 18.8. The van der Waals surface area contributed by atoms with Crippen LogP contribution < -0.4 is 15.6 Å². The molecule has 2 heterocycles. The number of pyridine rings is 1. The SMILES string of the molecule is O=C(CCCCCn1c(=S)[nH]c2ccccc2c1=O)NCc1ccc(OCC2CC2)nc1. The quantitative estimate of drug-likeness (QED) is 0.337. The summed E-state index contributed by atoms with van der Waals surface area (Å²) >= 11 is 5.33. The van der Waals surface area contributed by atoms with Crippen molar-refractivity contribution in [1.82, 2.24) is 19.9 Å². The number of fused-ring (bicyclic) bond motifs is 1. The van der Waals surface area contributed by atoms with Crippen molar-refractivity contribution >= 4 is 29.0 Å². The van der Waals surface area contributed by atoms with Crippen molar-refractivity contribution in [1.29, 1.82) is 0 Å². The molecule has 7 nitrogen and oxygen atoms in total. The summed E-state index contributed by atoms with van der Waals surface area (Å²) in [5.41, 5.74) is 1.63. The summed E-state index contributed by atoms with van der Waals surface area (Å²) in [4.78, 5) is 32.2. The van der Waals surface area contributed by atoms with Crippen LogP contribution in [-0.4, -0.2) is 27.0 Å². The predicted octanol–water partition coefficient (Wildman–Crippen LogP) is 4.12. The number of benzene rings is 1. The van der Waals surface area contributed by atoms with Crippen LogP contribution in [0.5, 0.6) is 5.88 Å². The van der Waals surface area contributed by atoms with Crippen LogP contribution in [0.4, 0.5) is 0 Å². The topological polar surface area (TPSA) is 89.0 Å². The maximum Gasteiger partial charge on any atom is 0.262 e. The van der Waals surface area contributed by atoms with Crippen LogP contribution in [0.25, 0.3) is 10.9 Å². The molecule has 1 aliphatic carbocycles. The van der Waals surface area contributed by atoms with Crippen molar-refractivity contribution in [3.63, 3.8) is 0 Å². The van der Waals surface area contributed by atoms with Crippen molar-refractivity contribution in [2.24, 2.45) is 5.92 Å². The molecule has 2 aromatic heterocycles. The molecule has 0 atom stereocenters. The number of H-pyrrole nitrogens is 1. The summed E-state index contributed by atoms with van der Waals surface area (Å²) in [5, 5.41) is 3.57. The van der Waals surface area contributed by atoms with E-state index in [1.54, 1.807) is 16.8 Å². The van der Waals surface area contributed by atoms with Gasteiger partial charge < -0.3 is 15.0 Å². The molecule has 8 heteroatoms. The monoisotopic (exact) mass is 452 g/mol. The maximum absolute atomic E-state index is 12.6. The van der Waals surface area contributed by atoms with E-state index < -0.39 is 0 Å². The first-order valence-corrected chi connectivity index (χ1v) is 11.6. The Morgan fingerprint density at radius 3 is 2.81 bits per heavy atom. The van der Waals surface area contributed by atoms with Gasteiger partial charge in [-0.2, -0.15) is 0 Å². The van der Waals surface area contributed by atoms with Gasteiger partial charge in [-0.25, -0.2) is 4.98 Å². The van der Waals surface area contributed by atoms with Gasteiger partial charge in [0, 0.05) is 31.8 Å². The first-order chi connectivity index (χ1) is 15.6. The van der Waals surface area contributed by atoms with Crippen LogP contribution in [0.15, 0.2) is 47.4 Å². The summed E-state index contributed by atoms with van der Waals surface area (Å²) < 4.78 is 7.66. The van der Waals surface area contributed by atoms with E-state index in [9.17, 15) is 9.59 Å². The molecule has 1 amide bonds. The number of rotatable bonds is 11. The van der Waals surface area contributed by atoms with Crippen LogP contribution in [0, 0.1) is 10.7 Å². The number of carbonyl (C=O) groups excluding carboxylic acids is 1. The molecule has 3 aromatic rings. The van der Waals surface area contributed by atoms with Gasteiger partial charge in [0.15, 0.2) is 4.77 Å². The first kappa shape index (κ1) is 22.2. The Bertz CT molecular complexity index is 1180. The molecule has 1 aliphatic rings. The molecule has 0 radical (unpaired) electrons. The highest BCUT2D eigenvalue weighted by Gasteiger charge is 2.22. The molecular weight excluding hydrogens is 424 g/mol. The fourth-order valence-electron chi connectivity index (χ4n) is 3.51. The molecule has 0 bridgehead atoms. The second-order valence-electron chi connectivity index (χ2n) is 8.28. The lowest BCUT2D eigenvalue weighted by molar-refractivity contribution is -0.121. The smallest absolute Gasteiger partial charge is 0.262 e. The number of hydrogen-bond donors (Lipinski definition) is 2. The van der Waals surface area contributed by atoms with E-state index in [-0.39, 0.29) is 11.5 Å². The minimum atomic E-state index is -0.0698. The third kappa shape index (κ3) is 6.03. The third-order valence-electron chi connectivity index (χ3n) is 5.63. The molecule has 0 spiro atoms. The number of aromatic amines is 1. The van der Waals surface area contributed by atoms with Gasteiger partial charge in [-0.3, -0.25) is 14.2 Å². The first-order valence-electron chi connectivity index (χ1n) is 11.2. The van der Waals surface area contributed by atoms with Crippen LogP contribution in [0.1, 0.15) is 44.1 Å². The Kier molecular flexibility index (Phi) is 7.32. The lowest BCUT2D eigenvalue weighted by Gasteiger charge is -2.09. The Morgan fingerprint density at radius 2 is 2.03 bits per heavy atom. The average molecular weight is 453 g/mol. The third-order valence-corrected chi connectivity index (χ3v) is 5.95. The predicted molar refractivity (Wildman–Crippen MR) is 126 cm³/mol. The van der Waals surface area contributed by atoms with E-state index in [0.29, 0.717) is 41.5 Å². The summed E-state index contributed by atoms with van der Waals surface area (Å²) in [6, 6.07) is 11.1. The van der Waals surface area contributed by atoms with E-state index in [1.165, 1.54) is 12.8 Å². The number of hydrogen-bond acceptors (Lipinski definition) is 5. The Morgan fingerprint density at radius 1 is 1.19 bits per heavy atom. The van der Waals surface area contributed by atoms with E-state index >= 15 is 0 Å². The Labute approximate surface area is 191 Å². The van der Waals surface area contributed by atoms with E-state index in [4.69, 9.17) is 17.0 Å². The summed E-state index contributed by atoms with van der Waals surface area (Å²) in [6.45, 7) is 1.74. The molecule has 4 rings (SSSR count). The lowest BCUT2D eigenvalue weighted by Crippen LogP contribution is -2.23. The molecular formula is C24H28N4O3S. The van der Waals surface area contributed by atoms with Gasteiger partial charge in [0.05, 0.1) is 17.5 Å². The Hall–Kier alpha value is -3.00. The molecule has 0 aliphatic heterocycles. The minimum Gasteiger partial charge on any atom is -0.477 e. The largest absolute Gasteiger partial charge is 0.477 e. The average Bonchev–Trinajstić information content (AvgIpc) is 3.63. The van der Waals surface area contributed by atoms with Gasteiger partial charge in [-0.15, -0.1) is 0 Å². The number of amides is 1. The highest BCUT2D eigenvalue weighted by molar-refractivity contribution is 7.71. The fourth-order valence-corrected chi connectivity index (χ4v) is 3.80. The second kappa shape index (κ2) is 10.5. The van der Waals surface area contributed by atoms with Crippen LogP contribution in [0.3, 0.4) is 0 Å². The van der Waals surface area contributed by atoms with Crippen molar-refractivity contribution in [2.75, 3.05) is 6.61 Å². The van der Waals surface area contributed by atoms with Gasteiger partial charge in [0.2, 0.25) is 11.8 Å². The van der Waals surface area contributed by atoms with Crippen molar-refractivity contribution in [3.05, 3.63) is 63.3 Å². The maximum atomic E-state index is 12.6. The number of ether oxygens (including phenoxy) is 1. The van der Waals surface area contributed by atoms with E-state index in [1.807, 2.05) is 30.3 Å². The van der Waals surface area contributed by atoms with Crippen LogP contribution in [-0.2, 0) is 17.9 Å². The summed E-state index contributed by atoms with van der Waals surface area (Å²) in [5.74, 6) is 1.35. The van der Waals surface area contributed by atoms with E-state index in [0.717, 1.165) is 36.9 Å². The molecule has 0 saturated heterocycles. The van der Waals surface area contributed by atoms with Gasteiger partial charge in [0.1, 0.15) is 0 Å². The summed E-state index contributed by atoms with van der Waals surface area (Å²) in [7, 11) is 0. The number of nitrogens with zero attached hydrogens (tertiary/aromatic N) is 2. The van der Waals surface area contributed by atoms with Crippen LogP contribution in [0.2, 0.25) is 0 Å². The number of nitrogens with one attached hydrogen (secondary N) is 2. The molecule has 32 heavy (non-hydrogen) atoms. The molecule has 1 saturated carbocycles. The van der Waals surface area contributed by atoms with Gasteiger partial charge in [0.25, 0.3) is 5.56 Å². The second-order valence-corrected chi connectivity index (χ2v) is 8.67. The standard InChI is InChI=1S/C24H28N4O3S/c29-21(25-14-18-11-12-22(26-15-18)31-16-17-9-10-17)8-2-1-5-13-28-23(30)19-6-3-4-7-20(19)27-24(28)32/h3-4,6-7,11-12,15,17H,1-2,5,8-10,13-14,16H2,(H,25,29)(H,27,32). The molecule has 1 fully saturated rings. The zero-order chi connectivity index (χ0) is 22.3. The highest BCUT2D eigenvalue weighted by atomic mass is 32.1. The number of aromatic nitrogens is 3. The minimum absolute atomic E-state index is 0.0132. The number of carbonyl (C=O) groups is 1. The van der Waals surface area contributed by atoms with Crippen molar-refractivity contribution in [3.8, 4) is 5.88 Å². The number of unbranched alkanes of at least 4 members (excludes halogenated alkanes) is 2. The fraction of sp³-hybridized carbons (Fsp3) is 0.417.